The number of pyridine rings is 1. The molecular formula is C11H17N5O. The largest absolute Gasteiger partial charge is 0.369 e. The van der Waals surface area contributed by atoms with Gasteiger partial charge in [0.1, 0.15) is 0 Å². The lowest BCUT2D eigenvalue weighted by atomic mass is 10.3. The molecule has 6 nitrogen and oxygen atoms in total. The highest BCUT2D eigenvalue weighted by Crippen LogP contribution is 2.06. The molecule has 0 radical (unpaired) electrons. The molecule has 0 aliphatic carbocycles. The fraction of sp³-hybridized carbons (Fsp3) is 0.364. The van der Waals surface area contributed by atoms with Gasteiger partial charge in [0.2, 0.25) is 5.96 Å². The first-order chi connectivity index (χ1) is 8.22. The normalized spacial score (nSPS) is 11.0. The predicted octanol–water partition coefficient (Wildman–Crippen LogP) is 1.13. The van der Waals surface area contributed by atoms with Gasteiger partial charge in [-0.3, -0.25) is 10.3 Å². The highest BCUT2D eigenvalue weighted by molar-refractivity contribution is 5.96. The number of hydrogen-bond donors (Lipinski definition) is 3. The second-order valence-corrected chi connectivity index (χ2v) is 3.44. The van der Waals surface area contributed by atoms with Gasteiger partial charge < -0.3 is 11.1 Å². The van der Waals surface area contributed by atoms with Crippen LogP contribution in [0.3, 0.4) is 0 Å². The highest BCUT2D eigenvalue weighted by atomic mass is 16.2. The lowest BCUT2D eigenvalue weighted by Gasteiger charge is -2.05. The van der Waals surface area contributed by atoms with E-state index < -0.39 is 0 Å². The van der Waals surface area contributed by atoms with E-state index in [9.17, 15) is 4.79 Å². The van der Waals surface area contributed by atoms with E-state index in [1.807, 2.05) is 0 Å². The molecule has 1 aromatic rings. The topological polar surface area (TPSA) is 92.4 Å². The fourth-order valence-corrected chi connectivity index (χ4v) is 1.12. The van der Waals surface area contributed by atoms with Crippen LogP contribution in [-0.2, 0) is 0 Å². The maximum atomic E-state index is 11.3. The fourth-order valence-electron chi connectivity index (χ4n) is 1.12. The summed E-state index contributed by atoms with van der Waals surface area (Å²) in [4.78, 5) is 19.2. The minimum atomic E-state index is -0.339. The van der Waals surface area contributed by atoms with Crippen molar-refractivity contribution in [2.75, 3.05) is 6.54 Å². The van der Waals surface area contributed by atoms with Crippen LogP contribution in [0.5, 0.6) is 0 Å². The average Bonchev–Trinajstić information content (AvgIpc) is 2.30. The van der Waals surface area contributed by atoms with Crippen LogP contribution < -0.4 is 16.4 Å². The molecule has 0 bridgehead atoms. The molecule has 0 unspecified atom stereocenters. The molecule has 1 aromatic heterocycles. The van der Waals surface area contributed by atoms with Gasteiger partial charge in [-0.25, -0.2) is 9.79 Å². The van der Waals surface area contributed by atoms with Gasteiger partial charge in [-0.2, -0.15) is 0 Å². The lowest BCUT2D eigenvalue weighted by Crippen LogP contribution is -2.43. The summed E-state index contributed by atoms with van der Waals surface area (Å²) in [6, 6.07) is 3.06. The molecule has 2 amide bonds. The maximum absolute atomic E-state index is 11.3. The first-order valence-corrected chi connectivity index (χ1v) is 5.51. The van der Waals surface area contributed by atoms with Crippen LogP contribution in [0.1, 0.15) is 19.8 Å². The summed E-state index contributed by atoms with van der Waals surface area (Å²) in [6.07, 6.45) is 5.18. The SMILES string of the molecule is CCCCNC(=O)NC(N)=Nc1ccncc1. The van der Waals surface area contributed by atoms with E-state index in [4.69, 9.17) is 5.73 Å². The molecule has 0 aliphatic heterocycles. The zero-order valence-electron chi connectivity index (χ0n) is 9.81. The first kappa shape index (κ1) is 13.0. The minimum absolute atomic E-state index is 0.0604. The van der Waals surface area contributed by atoms with Gasteiger partial charge in [0.05, 0.1) is 5.69 Å². The zero-order valence-corrected chi connectivity index (χ0v) is 9.81. The number of rotatable bonds is 4. The third kappa shape index (κ3) is 5.50. The Hall–Kier alpha value is -2.11. The number of aromatic nitrogens is 1. The van der Waals surface area contributed by atoms with Gasteiger partial charge in [0.25, 0.3) is 0 Å². The van der Waals surface area contributed by atoms with Crippen LogP contribution in [0, 0.1) is 0 Å². The van der Waals surface area contributed by atoms with E-state index in [-0.39, 0.29) is 12.0 Å². The Morgan fingerprint density at radius 2 is 2.18 bits per heavy atom. The number of nitrogens with zero attached hydrogens (tertiary/aromatic N) is 2. The van der Waals surface area contributed by atoms with E-state index in [0.717, 1.165) is 12.8 Å². The molecule has 0 aliphatic rings. The van der Waals surface area contributed by atoms with Crippen molar-refractivity contribution in [2.45, 2.75) is 19.8 Å². The molecule has 0 saturated carbocycles. The van der Waals surface area contributed by atoms with Crippen molar-refractivity contribution in [1.29, 1.82) is 0 Å². The molecule has 4 N–H and O–H groups in total. The average molecular weight is 235 g/mol. The molecule has 1 rings (SSSR count). The third-order valence-corrected chi connectivity index (χ3v) is 1.97. The molecule has 92 valence electrons. The monoisotopic (exact) mass is 235 g/mol. The van der Waals surface area contributed by atoms with Crippen molar-refractivity contribution < 1.29 is 4.79 Å². The van der Waals surface area contributed by atoms with Gasteiger partial charge in [-0.1, -0.05) is 13.3 Å². The molecule has 17 heavy (non-hydrogen) atoms. The van der Waals surface area contributed by atoms with Crippen molar-refractivity contribution in [3.63, 3.8) is 0 Å². The van der Waals surface area contributed by atoms with Crippen LogP contribution in [0.2, 0.25) is 0 Å². The van der Waals surface area contributed by atoms with Crippen molar-refractivity contribution in [2.24, 2.45) is 10.7 Å². The maximum Gasteiger partial charge on any atom is 0.321 e. The molecule has 0 atom stereocenters. The van der Waals surface area contributed by atoms with Crippen molar-refractivity contribution in [3.05, 3.63) is 24.5 Å². The van der Waals surface area contributed by atoms with Crippen molar-refractivity contribution in [3.8, 4) is 0 Å². The predicted molar refractivity (Wildman–Crippen MR) is 67.0 cm³/mol. The number of carbonyl (C=O) groups excluding carboxylic acids is 1. The van der Waals surface area contributed by atoms with Gasteiger partial charge in [-0.15, -0.1) is 0 Å². The quantitative estimate of drug-likeness (QED) is 0.415. The van der Waals surface area contributed by atoms with E-state index in [2.05, 4.69) is 27.5 Å². The Morgan fingerprint density at radius 3 is 2.82 bits per heavy atom. The van der Waals surface area contributed by atoms with Gasteiger partial charge >= 0.3 is 6.03 Å². The standard InChI is InChI=1S/C11H17N5O/c1-2-3-6-14-11(17)16-10(12)15-9-4-7-13-8-5-9/h4-5,7-8H,2-3,6H2,1H3,(H4,12,13,14,15,16,17). The molecule has 0 aromatic carbocycles. The number of guanidine groups is 1. The summed E-state index contributed by atoms with van der Waals surface area (Å²) < 4.78 is 0. The summed E-state index contributed by atoms with van der Waals surface area (Å²) in [5, 5.41) is 5.12. The Kier molecular flexibility index (Phi) is 5.50. The van der Waals surface area contributed by atoms with Crippen molar-refractivity contribution in [1.82, 2.24) is 15.6 Å². The Bertz CT molecular complexity index is 377. The zero-order chi connectivity index (χ0) is 12.5. The van der Waals surface area contributed by atoms with Crippen molar-refractivity contribution >= 4 is 17.7 Å². The summed E-state index contributed by atoms with van der Waals surface area (Å²) in [7, 11) is 0. The van der Waals surface area contributed by atoms with Gasteiger partial charge in [0, 0.05) is 18.9 Å². The van der Waals surface area contributed by atoms with Crippen LogP contribution in [-0.4, -0.2) is 23.5 Å². The number of hydrogen-bond acceptors (Lipinski definition) is 3. The number of unbranched alkanes of at least 4 members (excludes halogenated alkanes) is 1. The van der Waals surface area contributed by atoms with E-state index in [1.54, 1.807) is 24.5 Å². The van der Waals surface area contributed by atoms with Crippen LogP contribution in [0.4, 0.5) is 10.5 Å². The number of amides is 2. The number of aliphatic imine (C=N–C) groups is 1. The van der Waals surface area contributed by atoms with E-state index in [1.165, 1.54) is 0 Å². The number of nitrogens with two attached hydrogens (primary N) is 1. The van der Waals surface area contributed by atoms with Crippen LogP contribution >= 0.6 is 0 Å². The Labute approximate surface area is 100 Å². The highest BCUT2D eigenvalue weighted by Gasteiger charge is 2.00. The summed E-state index contributed by atoms with van der Waals surface area (Å²) in [5.41, 5.74) is 6.21. The third-order valence-electron chi connectivity index (χ3n) is 1.97. The molecule has 6 heteroatoms. The number of nitrogens with one attached hydrogen (secondary N) is 2. The second-order valence-electron chi connectivity index (χ2n) is 3.44. The first-order valence-electron chi connectivity index (χ1n) is 5.51. The Morgan fingerprint density at radius 1 is 1.47 bits per heavy atom. The molecule has 0 spiro atoms. The van der Waals surface area contributed by atoms with Crippen LogP contribution in [0.25, 0.3) is 0 Å². The van der Waals surface area contributed by atoms with E-state index >= 15 is 0 Å². The van der Waals surface area contributed by atoms with Crippen LogP contribution in [0.15, 0.2) is 29.5 Å². The van der Waals surface area contributed by atoms with Gasteiger partial charge in [-0.05, 0) is 18.6 Å². The molecule has 0 saturated heterocycles. The summed E-state index contributed by atoms with van der Waals surface area (Å²) in [6.45, 7) is 2.68. The second kappa shape index (κ2) is 7.21. The number of carbonyl (C=O) groups is 1. The lowest BCUT2D eigenvalue weighted by molar-refractivity contribution is 0.245. The smallest absolute Gasteiger partial charge is 0.321 e. The van der Waals surface area contributed by atoms with E-state index in [0.29, 0.717) is 12.2 Å². The number of urea groups is 1. The summed E-state index contributed by atoms with van der Waals surface area (Å²) >= 11 is 0. The molecular weight excluding hydrogens is 218 g/mol. The minimum Gasteiger partial charge on any atom is -0.369 e. The molecule has 0 fully saturated rings. The van der Waals surface area contributed by atoms with Gasteiger partial charge in [0.15, 0.2) is 0 Å². The molecule has 1 heterocycles. The summed E-state index contributed by atoms with van der Waals surface area (Å²) in [5.74, 6) is 0.0604. The Balaban J connectivity index is 2.41.